The van der Waals surface area contributed by atoms with E-state index in [2.05, 4.69) is 5.32 Å². The van der Waals surface area contributed by atoms with Gasteiger partial charge in [0.1, 0.15) is 0 Å². The summed E-state index contributed by atoms with van der Waals surface area (Å²) >= 11 is 0. The number of non-ortho nitro benzene ring substituents is 1. The van der Waals surface area contributed by atoms with Crippen LogP contribution in [0.3, 0.4) is 0 Å². The molecule has 7 nitrogen and oxygen atoms in total. The molecule has 0 saturated carbocycles. The third-order valence-electron chi connectivity index (χ3n) is 4.05. The van der Waals surface area contributed by atoms with Crippen LogP contribution in [0, 0.1) is 16.0 Å². The molecule has 1 aromatic rings. The predicted octanol–water partition coefficient (Wildman–Crippen LogP) is 1.51. The van der Waals surface area contributed by atoms with E-state index in [9.17, 15) is 19.7 Å². The number of unbranched alkanes of at least 4 members (excludes halogenated alkanes) is 1. The van der Waals surface area contributed by atoms with Crippen LogP contribution in [-0.4, -0.2) is 41.8 Å². The second-order valence-corrected chi connectivity index (χ2v) is 5.85. The van der Waals surface area contributed by atoms with Gasteiger partial charge in [0.15, 0.2) is 0 Å². The van der Waals surface area contributed by atoms with Crippen LogP contribution in [-0.2, 0) is 16.0 Å². The maximum absolute atomic E-state index is 11.9. The van der Waals surface area contributed by atoms with Crippen LogP contribution in [0.15, 0.2) is 24.3 Å². The molecule has 1 fully saturated rings. The van der Waals surface area contributed by atoms with Crippen molar-refractivity contribution >= 4 is 17.5 Å². The lowest BCUT2D eigenvalue weighted by Crippen LogP contribution is -2.32. The first kappa shape index (κ1) is 16.9. The highest BCUT2D eigenvalue weighted by Gasteiger charge is 2.31. The lowest BCUT2D eigenvalue weighted by Gasteiger charge is -2.11. The highest BCUT2D eigenvalue weighted by molar-refractivity contribution is 5.89. The number of carbonyl (C=O) groups is 2. The number of hydrogen-bond acceptors (Lipinski definition) is 4. The average Bonchev–Trinajstić information content (AvgIpc) is 2.87. The van der Waals surface area contributed by atoms with Gasteiger partial charge in [0.05, 0.1) is 10.8 Å². The first-order valence-electron chi connectivity index (χ1n) is 7.72. The summed E-state index contributed by atoms with van der Waals surface area (Å²) < 4.78 is 0. The Hall–Kier alpha value is -2.44. The molecular weight excluding hydrogens is 298 g/mol. The fraction of sp³-hybridized carbons (Fsp3) is 0.500. The zero-order valence-electron chi connectivity index (χ0n) is 13.2. The molecule has 7 heteroatoms. The Kier molecular flexibility index (Phi) is 5.67. The largest absolute Gasteiger partial charge is 0.356 e. The van der Waals surface area contributed by atoms with Crippen LogP contribution in [0.25, 0.3) is 0 Å². The molecule has 124 valence electrons. The molecule has 1 aromatic carbocycles. The van der Waals surface area contributed by atoms with E-state index in [0.717, 1.165) is 24.8 Å². The first-order chi connectivity index (χ1) is 11.0. The van der Waals surface area contributed by atoms with Crippen molar-refractivity contribution in [3.05, 3.63) is 39.9 Å². The minimum absolute atomic E-state index is 0.0170. The first-order valence-corrected chi connectivity index (χ1v) is 7.72. The monoisotopic (exact) mass is 319 g/mol. The molecule has 1 saturated heterocycles. The number of likely N-dealkylation sites (tertiary alicyclic amines) is 1. The number of nitrogens with one attached hydrogen (secondary N) is 1. The molecule has 0 bridgehead atoms. The molecule has 0 aromatic heterocycles. The Morgan fingerprint density at radius 3 is 2.61 bits per heavy atom. The minimum Gasteiger partial charge on any atom is -0.356 e. The number of hydrogen-bond donors (Lipinski definition) is 1. The maximum atomic E-state index is 11.9. The van der Waals surface area contributed by atoms with E-state index in [0.29, 0.717) is 19.5 Å². The molecule has 0 radical (unpaired) electrons. The molecule has 0 aliphatic carbocycles. The normalized spacial score (nSPS) is 17.3. The van der Waals surface area contributed by atoms with Gasteiger partial charge in [0.2, 0.25) is 11.8 Å². The smallest absolute Gasteiger partial charge is 0.269 e. The molecule has 1 aliphatic heterocycles. The number of nitro groups is 1. The Bertz CT molecular complexity index is 585. The second-order valence-electron chi connectivity index (χ2n) is 5.85. The van der Waals surface area contributed by atoms with Crippen molar-refractivity contribution in [2.75, 3.05) is 20.1 Å². The van der Waals surface area contributed by atoms with Gasteiger partial charge in [-0.05, 0) is 24.8 Å². The number of aryl methyl sites for hydroxylation is 1. The summed E-state index contributed by atoms with van der Waals surface area (Å²) in [6.45, 7) is 1.08. The Labute approximate surface area is 134 Å². The highest BCUT2D eigenvalue weighted by atomic mass is 16.6. The van der Waals surface area contributed by atoms with Gasteiger partial charge < -0.3 is 10.2 Å². The standard InChI is InChI=1S/C16H21N3O4/c1-18-11-13(10-15(18)20)16(21)17-9-3-2-4-12-5-7-14(8-6-12)19(22)23/h5-8,13H,2-4,9-11H2,1H3,(H,17,21)/t13-/m0/s1. The van der Waals surface area contributed by atoms with Gasteiger partial charge in [-0.2, -0.15) is 0 Å². The van der Waals surface area contributed by atoms with Crippen LogP contribution >= 0.6 is 0 Å². The number of nitrogens with zero attached hydrogens (tertiary/aromatic N) is 2. The molecule has 0 unspecified atom stereocenters. The molecule has 1 atom stereocenters. The van der Waals surface area contributed by atoms with Crippen LogP contribution in [0.4, 0.5) is 5.69 Å². The minimum atomic E-state index is -0.412. The van der Waals surface area contributed by atoms with E-state index in [4.69, 9.17) is 0 Å². The maximum Gasteiger partial charge on any atom is 0.269 e. The summed E-state index contributed by atoms with van der Waals surface area (Å²) in [5, 5.41) is 13.4. The molecule has 2 amide bonds. The third-order valence-corrected chi connectivity index (χ3v) is 4.05. The van der Waals surface area contributed by atoms with Gasteiger partial charge in [0, 0.05) is 38.7 Å². The summed E-state index contributed by atoms with van der Waals surface area (Å²) in [5.74, 6) is -0.275. The predicted molar refractivity (Wildman–Crippen MR) is 84.8 cm³/mol. The Balaban J connectivity index is 1.63. The van der Waals surface area contributed by atoms with Crippen molar-refractivity contribution in [1.29, 1.82) is 0 Å². The van der Waals surface area contributed by atoms with Gasteiger partial charge in [-0.1, -0.05) is 12.1 Å². The quantitative estimate of drug-likeness (QED) is 0.468. The van der Waals surface area contributed by atoms with Gasteiger partial charge >= 0.3 is 0 Å². The highest BCUT2D eigenvalue weighted by Crippen LogP contribution is 2.16. The van der Waals surface area contributed by atoms with Crippen molar-refractivity contribution in [3.8, 4) is 0 Å². The summed E-state index contributed by atoms with van der Waals surface area (Å²) in [5.41, 5.74) is 1.14. The van der Waals surface area contributed by atoms with E-state index in [1.165, 1.54) is 12.1 Å². The molecule has 23 heavy (non-hydrogen) atoms. The number of nitro benzene ring substituents is 1. The zero-order chi connectivity index (χ0) is 16.8. The van der Waals surface area contributed by atoms with E-state index in [1.807, 2.05) is 0 Å². The number of carbonyl (C=O) groups excluding carboxylic acids is 2. The summed E-state index contributed by atoms with van der Waals surface area (Å²) in [6.07, 6.45) is 2.84. The van der Waals surface area contributed by atoms with Crippen molar-refractivity contribution in [1.82, 2.24) is 10.2 Å². The van der Waals surface area contributed by atoms with Crippen LogP contribution in [0.2, 0.25) is 0 Å². The van der Waals surface area contributed by atoms with E-state index in [1.54, 1.807) is 24.1 Å². The van der Waals surface area contributed by atoms with Gasteiger partial charge in [-0.15, -0.1) is 0 Å². The van der Waals surface area contributed by atoms with Crippen LogP contribution < -0.4 is 5.32 Å². The lowest BCUT2D eigenvalue weighted by atomic mass is 10.1. The Morgan fingerprint density at radius 1 is 1.35 bits per heavy atom. The van der Waals surface area contributed by atoms with E-state index in [-0.39, 0.29) is 23.4 Å². The molecule has 1 aliphatic rings. The van der Waals surface area contributed by atoms with Crippen molar-refractivity contribution in [2.24, 2.45) is 5.92 Å². The number of rotatable bonds is 7. The Morgan fingerprint density at radius 2 is 2.04 bits per heavy atom. The number of amides is 2. The molecule has 1 heterocycles. The van der Waals surface area contributed by atoms with Crippen LogP contribution in [0.5, 0.6) is 0 Å². The third kappa shape index (κ3) is 4.77. The van der Waals surface area contributed by atoms with Crippen molar-refractivity contribution < 1.29 is 14.5 Å². The van der Waals surface area contributed by atoms with Gasteiger partial charge in [0.25, 0.3) is 5.69 Å². The lowest BCUT2D eigenvalue weighted by molar-refractivity contribution is -0.384. The molecule has 1 N–H and O–H groups in total. The van der Waals surface area contributed by atoms with E-state index < -0.39 is 4.92 Å². The fourth-order valence-corrected chi connectivity index (χ4v) is 2.63. The van der Waals surface area contributed by atoms with E-state index >= 15 is 0 Å². The van der Waals surface area contributed by atoms with Crippen molar-refractivity contribution in [2.45, 2.75) is 25.7 Å². The SMILES string of the molecule is CN1C[C@@H](C(=O)NCCCCc2ccc([N+](=O)[O-])cc2)CC1=O. The van der Waals surface area contributed by atoms with Crippen LogP contribution in [0.1, 0.15) is 24.8 Å². The summed E-state index contributed by atoms with van der Waals surface area (Å²) in [7, 11) is 1.71. The topological polar surface area (TPSA) is 92.6 Å². The van der Waals surface area contributed by atoms with Crippen molar-refractivity contribution in [3.63, 3.8) is 0 Å². The zero-order valence-corrected chi connectivity index (χ0v) is 13.2. The van der Waals surface area contributed by atoms with Gasteiger partial charge in [-0.25, -0.2) is 0 Å². The summed E-state index contributed by atoms with van der Waals surface area (Å²) in [6, 6.07) is 6.53. The number of benzene rings is 1. The van der Waals surface area contributed by atoms with Gasteiger partial charge in [-0.3, -0.25) is 19.7 Å². The molecule has 2 rings (SSSR count). The summed E-state index contributed by atoms with van der Waals surface area (Å²) in [4.78, 5) is 35.0. The molecular formula is C16H21N3O4. The average molecular weight is 319 g/mol. The fourth-order valence-electron chi connectivity index (χ4n) is 2.63. The molecule has 0 spiro atoms. The second kappa shape index (κ2) is 7.71.